The zero-order valence-corrected chi connectivity index (χ0v) is 24.2. The fraction of sp³-hybridized carbons (Fsp3) is 0.241. The average molecular weight is 614 g/mol. The van der Waals surface area contributed by atoms with Gasteiger partial charge in [-0.1, -0.05) is 35.3 Å². The number of carboxylic acids is 2. The standard InChI is InChI=1S/C29H30Cl2N6O5/c1-16-34-26(36-22-7-3-2-6-19(22)28(38)39)25(27(35-16)37-23(29(40)41)8-4-5-13-32)33-15-18-10-12-24(42-18)20-14-17(30)9-11-21(20)31/h2-3,6-7,9-12,14,23,33H,4-5,8,13,15,32H2,1H3,(H,38,39)(H,40,41)(H2,34,35,36,37). The van der Waals surface area contributed by atoms with Gasteiger partial charge in [-0.05, 0) is 75.2 Å². The van der Waals surface area contributed by atoms with Crippen molar-refractivity contribution >= 4 is 58.2 Å². The first kappa shape index (κ1) is 30.6. The molecule has 2 aromatic carbocycles. The number of aliphatic carboxylic acids is 1. The average Bonchev–Trinajstić information content (AvgIpc) is 3.42. The molecule has 0 radical (unpaired) electrons. The van der Waals surface area contributed by atoms with Crippen molar-refractivity contribution in [3.8, 4) is 11.3 Å². The number of unbranched alkanes of at least 4 members (excludes halogenated alkanes) is 1. The lowest BCUT2D eigenvalue weighted by Gasteiger charge is -2.21. The second-order valence-corrected chi connectivity index (χ2v) is 10.2. The highest BCUT2D eigenvalue weighted by Gasteiger charge is 2.23. The van der Waals surface area contributed by atoms with E-state index in [0.29, 0.717) is 70.1 Å². The molecule has 0 amide bonds. The van der Waals surface area contributed by atoms with Gasteiger partial charge in [0, 0.05) is 10.6 Å². The first-order valence-electron chi connectivity index (χ1n) is 13.1. The van der Waals surface area contributed by atoms with Gasteiger partial charge < -0.3 is 36.3 Å². The SMILES string of the molecule is Cc1nc(Nc2ccccc2C(=O)O)c(NCc2ccc(-c3cc(Cl)ccc3Cl)o2)c(NC(CCCCN)C(=O)O)n1. The summed E-state index contributed by atoms with van der Waals surface area (Å²) in [4.78, 5) is 32.9. The molecule has 4 rings (SSSR count). The predicted molar refractivity (Wildman–Crippen MR) is 163 cm³/mol. The summed E-state index contributed by atoms with van der Waals surface area (Å²) in [5.74, 6) is -0.323. The molecule has 13 heteroatoms. The molecular weight excluding hydrogens is 583 g/mol. The molecule has 2 aromatic heterocycles. The number of benzene rings is 2. The maximum Gasteiger partial charge on any atom is 0.337 e. The van der Waals surface area contributed by atoms with Gasteiger partial charge in [-0.25, -0.2) is 19.6 Å². The van der Waals surface area contributed by atoms with Gasteiger partial charge in [0.1, 0.15) is 29.1 Å². The van der Waals surface area contributed by atoms with E-state index in [1.54, 1.807) is 55.5 Å². The quantitative estimate of drug-likeness (QED) is 0.0868. The summed E-state index contributed by atoms with van der Waals surface area (Å²) in [6, 6.07) is 14.0. The van der Waals surface area contributed by atoms with Gasteiger partial charge >= 0.3 is 11.9 Å². The Morgan fingerprint density at radius 1 is 1.02 bits per heavy atom. The highest BCUT2D eigenvalue weighted by Crippen LogP contribution is 2.35. The molecule has 0 aliphatic rings. The molecule has 2 heterocycles. The molecule has 0 spiro atoms. The third-order valence-electron chi connectivity index (χ3n) is 6.28. The third kappa shape index (κ3) is 7.69. The molecule has 4 aromatic rings. The van der Waals surface area contributed by atoms with E-state index in [-0.39, 0.29) is 23.7 Å². The molecule has 0 saturated heterocycles. The van der Waals surface area contributed by atoms with Crippen molar-refractivity contribution in [3.63, 3.8) is 0 Å². The lowest BCUT2D eigenvalue weighted by Crippen LogP contribution is -2.30. The monoisotopic (exact) mass is 612 g/mol. The normalized spacial score (nSPS) is 11.6. The Morgan fingerprint density at radius 3 is 2.52 bits per heavy atom. The Balaban J connectivity index is 1.69. The second-order valence-electron chi connectivity index (χ2n) is 9.38. The summed E-state index contributed by atoms with van der Waals surface area (Å²) in [5.41, 5.74) is 6.88. The number of anilines is 4. The van der Waals surface area contributed by atoms with Crippen LogP contribution in [0.4, 0.5) is 23.0 Å². The largest absolute Gasteiger partial charge is 0.480 e. The van der Waals surface area contributed by atoms with Crippen LogP contribution in [0, 0.1) is 6.92 Å². The topological polar surface area (TPSA) is 176 Å². The number of para-hydroxylation sites is 1. The summed E-state index contributed by atoms with van der Waals surface area (Å²) in [7, 11) is 0. The number of aryl methyl sites for hydroxylation is 1. The Hall–Kier alpha value is -4.32. The molecule has 0 aliphatic heterocycles. The van der Waals surface area contributed by atoms with Gasteiger partial charge in [-0.2, -0.15) is 0 Å². The summed E-state index contributed by atoms with van der Waals surface area (Å²) in [6.07, 6.45) is 1.60. The Bertz CT molecular complexity index is 1580. The van der Waals surface area contributed by atoms with E-state index >= 15 is 0 Å². The molecule has 0 aliphatic carbocycles. The smallest absolute Gasteiger partial charge is 0.337 e. The van der Waals surface area contributed by atoms with Crippen LogP contribution >= 0.6 is 23.2 Å². The van der Waals surface area contributed by atoms with Gasteiger partial charge in [0.2, 0.25) is 0 Å². The van der Waals surface area contributed by atoms with Crippen LogP contribution in [-0.4, -0.2) is 44.7 Å². The zero-order chi connectivity index (χ0) is 30.2. The number of hydrogen-bond acceptors (Lipinski definition) is 9. The van der Waals surface area contributed by atoms with E-state index in [9.17, 15) is 19.8 Å². The van der Waals surface area contributed by atoms with Crippen LogP contribution < -0.4 is 21.7 Å². The number of nitrogens with zero attached hydrogens (tertiary/aromatic N) is 2. The van der Waals surface area contributed by atoms with Gasteiger partial charge in [0.25, 0.3) is 0 Å². The van der Waals surface area contributed by atoms with Crippen LogP contribution in [0.3, 0.4) is 0 Å². The zero-order valence-electron chi connectivity index (χ0n) is 22.7. The van der Waals surface area contributed by atoms with Crippen LogP contribution in [0.2, 0.25) is 10.0 Å². The Labute approximate surface area is 252 Å². The van der Waals surface area contributed by atoms with Crippen molar-refractivity contribution in [3.05, 3.63) is 81.8 Å². The minimum absolute atomic E-state index is 0.0356. The first-order valence-corrected chi connectivity index (χ1v) is 13.9. The van der Waals surface area contributed by atoms with Crippen LogP contribution in [0.1, 0.15) is 41.2 Å². The van der Waals surface area contributed by atoms with E-state index in [4.69, 9.17) is 33.4 Å². The van der Waals surface area contributed by atoms with Crippen LogP contribution in [-0.2, 0) is 11.3 Å². The molecule has 220 valence electrons. The van der Waals surface area contributed by atoms with Crippen molar-refractivity contribution in [1.29, 1.82) is 0 Å². The fourth-order valence-corrected chi connectivity index (χ4v) is 4.62. The summed E-state index contributed by atoms with van der Waals surface area (Å²) in [5, 5.41) is 29.9. The van der Waals surface area contributed by atoms with E-state index in [0.717, 1.165) is 0 Å². The van der Waals surface area contributed by atoms with E-state index < -0.39 is 18.0 Å². The molecule has 11 nitrogen and oxygen atoms in total. The molecule has 0 saturated carbocycles. The maximum atomic E-state index is 12.1. The van der Waals surface area contributed by atoms with Crippen molar-refractivity contribution < 1.29 is 24.2 Å². The van der Waals surface area contributed by atoms with Crippen molar-refractivity contribution in [1.82, 2.24) is 9.97 Å². The van der Waals surface area contributed by atoms with Gasteiger partial charge in [0.05, 0.1) is 22.8 Å². The van der Waals surface area contributed by atoms with Gasteiger partial charge in [-0.3, -0.25) is 0 Å². The maximum absolute atomic E-state index is 12.1. The number of nitrogens with one attached hydrogen (secondary N) is 3. The molecule has 0 fully saturated rings. The second kappa shape index (κ2) is 14.0. The summed E-state index contributed by atoms with van der Waals surface area (Å²) < 4.78 is 6.01. The van der Waals surface area contributed by atoms with Crippen molar-refractivity contribution in [2.75, 3.05) is 22.5 Å². The van der Waals surface area contributed by atoms with E-state index in [2.05, 4.69) is 25.9 Å². The molecular formula is C29H30Cl2N6O5. The van der Waals surface area contributed by atoms with Gasteiger partial charge in [0.15, 0.2) is 11.6 Å². The number of rotatable bonds is 14. The molecule has 42 heavy (non-hydrogen) atoms. The Morgan fingerprint density at radius 2 is 1.79 bits per heavy atom. The number of aromatic nitrogens is 2. The van der Waals surface area contributed by atoms with E-state index in [1.807, 2.05) is 0 Å². The fourth-order valence-electron chi connectivity index (χ4n) is 4.24. The summed E-state index contributed by atoms with van der Waals surface area (Å²) in [6.45, 7) is 2.26. The van der Waals surface area contributed by atoms with Crippen molar-refractivity contribution in [2.45, 2.75) is 38.8 Å². The Kier molecular flexibility index (Phi) is 10.2. The highest BCUT2D eigenvalue weighted by atomic mass is 35.5. The van der Waals surface area contributed by atoms with Crippen LogP contribution in [0.5, 0.6) is 0 Å². The number of furan rings is 1. The molecule has 1 unspecified atom stereocenters. The van der Waals surface area contributed by atoms with Crippen molar-refractivity contribution in [2.24, 2.45) is 5.73 Å². The molecule has 0 bridgehead atoms. The number of halogens is 2. The van der Waals surface area contributed by atoms with E-state index in [1.165, 1.54) is 6.07 Å². The molecule has 7 N–H and O–H groups in total. The number of nitrogens with two attached hydrogens (primary N) is 1. The molecule has 1 atom stereocenters. The highest BCUT2D eigenvalue weighted by molar-refractivity contribution is 6.35. The minimum atomic E-state index is -1.12. The van der Waals surface area contributed by atoms with Crippen LogP contribution in [0.25, 0.3) is 11.3 Å². The minimum Gasteiger partial charge on any atom is -0.480 e. The van der Waals surface area contributed by atoms with Crippen LogP contribution in [0.15, 0.2) is 59.0 Å². The number of hydrogen-bond donors (Lipinski definition) is 6. The third-order valence-corrected chi connectivity index (χ3v) is 6.85. The lowest BCUT2D eigenvalue weighted by molar-refractivity contribution is -0.138. The number of carboxylic acid groups (broad SMARTS) is 2. The first-order chi connectivity index (χ1) is 20.2. The number of carbonyl (C=O) groups is 2. The predicted octanol–water partition coefficient (Wildman–Crippen LogP) is 6.40. The summed E-state index contributed by atoms with van der Waals surface area (Å²) >= 11 is 12.5. The number of aromatic carboxylic acids is 1. The lowest BCUT2D eigenvalue weighted by atomic mass is 10.1. The van der Waals surface area contributed by atoms with Gasteiger partial charge in [-0.15, -0.1) is 0 Å².